The summed E-state index contributed by atoms with van der Waals surface area (Å²) in [6.45, 7) is 2.93. The summed E-state index contributed by atoms with van der Waals surface area (Å²) in [4.78, 5) is 14.4. The maximum Gasteiger partial charge on any atom is 0.322 e. The van der Waals surface area contributed by atoms with Crippen molar-refractivity contribution in [3.8, 4) is 16.9 Å². The zero-order valence-electron chi connectivity index (χ0n) is 16.8. The van der Waals surface area contributed by atoms with Crippen LogP contribution < -0.4 is 10.1 Å². The first kappa shape index (κ1) is 21.3. The maximum absolute atomic E-state index is 13.5. The van der Waals surface area contributed by atoms with Crippen molar-refractivity contribution in [2.75, 3.05) is 25.1 Å². The summed E-state index contributed by atoms with van der Waals surface area (Å²) < 4.78 is 19.3. The lowest BCUT2D eigenvalue weighted by Crippen LogP contribution is -2.34. The third-order valence-electron chi connectivity index (χ3n) is 4.55. The molecule has 0 bridgehead atoms. The average molecular weight is 412 g/mol. The summed E-state index contributed by atoms with van der Waals surface area (Å²) in [5, 5.41) is 18.6. The van der Waals surface area contributed by atoms with E-state index in [1.54, 1.807) is 35.5 Å². The van der Waals surface area contributed by atoms with Gasteiger partial charge in [-0.2, -0.15) is 5.10 Å². The highest BCUT2D eigenvalue weighted by molar-refractivity contribution is 5.91. The van der Waals surface area contributed by atoms with E-state index in [4.69, 9.17) is 9.84 Å². The standard InChI is InChI=1S/C22H25FN4O3/c1-2-27(15-16-5-3-6-19(23)11-16)22(29)26-20-8-7-17(18-13-24-25-14-18)12-21(20)30-10-4-9-28/h3,5-8,11-14,28H,2,4,9-10,15H2,1H3,(H,24,25)(H,26,29). The van der Waals surface area contributed by atoms with Gasteiger partial charge in [0.15, 0.2) is 0 Å². The second-order valence-corrected chi connectivity index (χ2v) is 6.70. The summed E-state index contributed by atoms with van der Waals surface area (Å²) in [5.74, 6) is 0.163. The first-order valence-corrected chi connectivity index (χ1v) is 9.78. The van der Waals surface area contributed by atoms with Gasteiger partial charge in [0.25, 0.3) is 0 Å². The molecule has 158 valence electrons. The highest BCUT2D eigenvalue weighted by Crippen LogP contribution is 2.31. The normalized spacial score (nSPS) is 10.6. The molecule has 7 nitrogen and oxygen atoms in total. The van der Waals surface area contributed by atoms with Gasteiger partial charge in [-0.3, -0.25) is 5.10 Å². The van der Waals surface area contributed by atoms with E-state index in [-0.39, 0.29) is 25.0 Å². The number of H-pyrrole nitrogens is 1. The quantitative estimate of drug-likeness (QED) is 0.463. The fraction of sp³-hybridized carbons (Fsp3) is 0.273. The Balaban J connectivity index is 1.77. The molecule has 1 heterocycles. The van der Waals surface area contributed by atoms with Crippen molar-refractivity contribution in [1.29, 1.82) is 0 Å². The molecule has 3 N–H and O–H groups in total. The largest absolute Gasteiger partial charge is 0.491 e. The molecule has 0 atom stereocenters. The minimum absolute atomic E-state index is 0.0142. The van der Waals surface area contributed by atoms with Gasteiger partial charge in [0.2, 0.25) is 0 Å². The van der Waals surface area contributed by atoms with Gasteiger partial charge in [0.05, 0.1) is 18.5 Å². The van der Waals surface area contributed by atoms with Crippen LogP contribution in [-0.4, -0.2) is 46.0 Å². The zero-order valence-corrected chi connectivity index (χ0v) is 16.8. The lowest BCUT2D eigenvalue weighted by Gasteiger charge is -2.22. The van der Waals surface area contributed by atoms with Crippen molar-refractivity contribution in [1.82, 2.24) is 15.1 Å². The Bertz CT molecular complexity index is 963. The summed E-state index contributed by atoms with van der Waals surface area (Å²) in [6, 6.07) is 11.3. The third-order valence-corrected chi connectivity index (χ3v) is 4.55. The van der Waals surface area contributed by atoms with Gasteiger partial charge >= 0.3 is 6.03 Å². The SMILES string of the molecule is CCN(Cc1cccc(F)c1)C(=O)Nc1ccc(-c2cn[nH]c2)cc1OCCCO. The summed E-state index contributed by atoms with van der Waals surface area (Å²) in [7, 11) is 0. The molecule has 0 fully saturated rings. The number of nitrogens with zero attached hydrogens (tertiary/aromatic N) is 2. The van der Waals surface area contributed by atoms with Crippen LogP contribution in [0.25, 0.3) is 11.1 Å². The molecular weight excluding hydrogens is 387 g/mol. The molecular formula is C22H25FN4O3. The van der Waals surface area contributed by atoms with E-state index in [1.165, 1.54) is 12.1 Å². The molecule has 0 aliphatic heterocycles. The number of hydrogen-bond acceptors (Lipinski definition) is 4. The average Bonchev–Trinajstić information content (AvgIpc) is 3.28. The zero-order chi connectivity index (χ0) is 21.3. The van der Waals surface area contributed by atoms with Crippen molar-refractivity contribution in [3.05, 3.63) is 66.2 Å². The topological polar surface area (TPSA) is 90.5 Å². The van der Waals surface area contributed by atoms with Gasteiger partial charge in [-0.1, -0.05) is 18.2 Å². The van der Waals surface area contributed by atoms with E-state index in [0.29, 0.717) is 36.6 Å². The van der Waals surface area contributed by atoms with E-state index >= 15 is 0 Å². The highest BCUT2D eigenvalue weighted by Gasteiger charge is 2.16. The first-order chi connectivity index (χ1) is 14.6. The van der Waals surface area contributed by atoms with Gasteiger partial charge in [-0.05, 0) is 42.3 Å². The minimum Gasteiger partial charge on any atom is -0.491 e. The lowest BCUT2D eigenvalue weighted by atomic mass is 10.1. The fourth-order valence-corrected chi connectivity index (χ4v) is 2.96. The van der Waals surface area contributed by atoms with Gasteiger partial charge in [-0.25, -0.2) is 9.18 Å². The molecule has 2 aromatic carbocycles. The van der Waals surface area contributed by atoms with Gasteiger partial charge in [-0.15, -0.1) is 0 Å². The Hall–Kier alpha value is -3.39. The smallest absolute Gasteiger partial charge is 0.322 e. The van der Waals surface area contributed by atoms with E-state index in [9.17, 15) is 9.18 Å². The molecule has 1 aromatic heterocycles. The molecule has 0 radical (unpaired) electrons. The number of carbonyl (C=O) groups excluding carboxylic acids is 1. The first-order valence-electron chi connectivity index (χ1n) is 9.78. The predicted molar refractivity (Wildman–Crippen MR) is 113 cm³/mol. The molecule has 3 rings (SSSR count). The van der Waals surface area contributed by atoms with Crippen LogP contribution in [-0.2, 0) is 6.54 Å². The molecule has 3 aromatic rings. The van der Waals surface area contributed by atoms with Crippen molar-refractivity contribution in [3.63, 3.8) is 0 Å². The van der Waals surface area contributed by atoms with E-state index in [0.717, 1.165) is 11.1 Å². The van der Waals surface area contributed by atoms with Crippen LogP contribution in [0.3, 0.4) is 0 Å². The number of nitrogens with one attached hydrogen (secondary N) is 2. The molecule has 0 aliphatic carbocycles. The number of hydrogen-bond donors (Lipinski definition) is 3. The second kappa shape index (κ2) is 10.4. The highest BCUT2D eigenvalue weighted by atomic mass is 19.1. The van der Waals surface area contributed by atoms with Crippen LogP contribution in [0.5, 0.6) is 5.75 Å². The molecule has 0 unspecified atom stereocenters. The monoisotopic (exact) mass is 412 g/mol. The number of ether oxygens (including phenoxy) is 1. The Morgan fingerprint density at radius 2 is 2.13 bits per heavy atom. The molecule has 2 amide bonds. The lowest BCUT2D eigenvalue weighted by molar-refractivity contribution is 0.211. The fourth-order valence-electron chi connectivity index (χ4n) is 2.96. The number of aliphatic hydroxyl groups excluding tert-OH is 1. The van der Waals surface area contributed by atoms with Crippen LogP contribution in [0, 0.1) is 5.82 Å². The number of anilines is 1. The summed E-state index contributed by atoms with van der Waals surface area (Å²) >= 11 is 0. The molecule has 0 aliphatic rings. The van der Waals surface area contributed by atoms with Crippen LogP contribution >= 0.6 is 0 Å². The van der Waals surface area contributed by atoms with Crippen molar-refractivity contribution >= 4 is 11.7 Å². The van der Waals surface area contributed by atoms with Gasteiger partial charge in [0.1, 0.15) is 11.6 Å². The van der Waals surface area contributed by atoms with Crippen LogP contribution in [0.15, 0.2) is 54.9 Å². The Morgan fingerprint density at radius 1 is 1.27 bits per heavy atom. The van der Waals surface area contributed by atoms with E-state index < -0.39 is 0 Å². The number of halogens is 1. The third kappa shape index (κ3) is 5.57. The number of carbonyl (C=O) groups is 1. The van der Waals surface area contributed by atoms with Crippen molar-refractivity contribution in [2.24, 2.45) is 0 Å². The van der Waals surface area contributed by atoms with Crippen molar-refractivity contribution < 1.29 is 19.0 Å². The van der Waals surface area contributed by atoms with Crippen molar-refractivity contribution in [2.45, 2.75) is 19.9 Å². The number of rotatable bonds is 9. The molecule has 8 heteroatoms. The van der Waals surface area contributed by atoms with Gasteiger partial charge in [0, 0.05) is 37.9 Å². The Labute approximate surface area is 174 Å². The molecule has 0 saturated carbocycles. The van der Waals surface area contributed by atoms with Gasteiger partial charge < -0.3 is 20.1 Å². The van der Waals surface area contributed by atoms with Crippen LogP contribution in [0.2, 0.25) is 0 Å². The number of urea groups is 1. The summed E-state index contributed by atoms with van der Waals surface area (Å²) in [6.07, 6.45) is 3.94. The van der Waals surface area contributed by atoms with Crippen LogP contribution in [0.1, 0.15) is 18.9 Å². The second-order valence-electron chi connectivity index (χ2n) is 6.70. The Morgan fingerprint density at radius 3 is 2.83 bits per heavy atom. The number of aromatic nitrogens is 2. The summed E-state index contributed by atoms with van der Waals surface area (Å²) in [5.41, 5.74) is 3.00. The minimum atomic E-state index is -0.335. The molecule has 0 saturated heterocycles. The van der Waals surface area contributed by atoms with E-state index in [1.807, 2.05) is 19.1 Å². The van der Waals surface area contributed by atoms with Crippen LogP contribution in [0.4, 0.5) is 14.9 Å². The number of amides is 2. The number of aliphatic hydroxyl groups is 1. The Kier molecular flexibility index (Phi) is 7.40. The number of aromatic amines is 1. The number of benzene rings is 2. The van der Waals surface area contributed by atoms with E-state index in [2.05, 4.69) is 15.5 Å². The molecule has 30 heavy (non-hydrogen) atoms. The maximum atomic E-state index is 13.5. The molecule has 0 spiro atoms. The predicted octanol–water partition coefficient (Wildman–Crippen LogP) is 4.03.